The van der Waals surface area contributed by atoms with Crippen LogP contribution in [0.4, 0.5) is 5.69 Å². The average Bonchev–Trinajstić information content (AvgIpc) is 2.97. The molecule has 1 aromatic carbocycles. The molecule has 0 saturated carbocycles. The number of ether oxygens (including phenoxy) is 1. The van der Waals surface area contributed by atoms with E-state index in [0.29, 0.717) is 23.8 Å². The fourth-order valence-electron chi connectivity index (χ4n) is 2.43. The third-order valence-electron chi connectivity index (χ3n) is 3.50. The van der Waals surface area contributed by atoms with Gasteiger partial charge in [-0.3, -0.25) is 4.79 Å². The Balaban J connectivity index is 1.68. The summed E-state index contributed by atoms with van der Waals surface area (Å²) in [5.41, 5.74) is 1.55. The van der Waals surface area contributed by atoms with Crippen molar-refractivity contribution in [2.45, 2.75) is 6.42 Å². The zero-order valence-electron chi connectivity index (χ0n) is 10.8. The third kappa shape index (κ3) is 2.81. The number of fused-ring (bicyclic) bond motifs is 1. The van der Waals surface area contributed by atoms with Crippen LogP contribution in [0.3, 0.4) is 0 Å². The maximum atomic E-state index is 12.2. The third-order valence-corrected chi connectivity index (χ3v) is 4.73. The molecule has 1 aromatic rings. The molecule has 0 radical (unpaired) electrons. The van der Waals surface area contributed by atoms with Crippen LogP contribution in [0.5, 0.6) is 5.75 Å². The second kappa shape index (κ2) is 5.74. The number of nitrogens with one attached hydrogen (secondary N) is 2. The van der Waals surface area contributed by atoms with E-state index in [2.05, 4.69) is 10.6 Å². The quantitative estimate of drug-likeness (QED) is 0.887. The van der Waals surface area contributed by atoms with Gasteiger partial charge in [-0.1, -0.05) is 6.07 Å². The summed E-state index contributed by atoms with van der Waals surface area (Å²) in [6.45, 7) is 2.16. The van der Waals surface area contributed by atoms with Crippen molar-refractivity contribution in [3.8, 4) is 5.75 Å². The Bertz CT molecular complexity index is 473. The van der Waals surface area contributed by atoms with Crippen molar-refractivity contribution in [2.24, 2.45) is 5.92 Å². The zero-order valence-corrected chi connectivity index (χ0v) is 11.6. The molecule has 0 spiro atoms. The van der Waals surface area contributed by atoms with Crippen molar-refractivity contribution in [3.05, 3.63) is 23.8 Å². The van der Waals surface area contributed by atoms with Crippen LogP contribution in [0.15, 0.2) is 18.2 Å². The number of rotatable bonds is 3. The van der Waals surface area contributed by atoms with Gasteiger partial charge >= 0.3 is 0 Å². The largest absolute Gasteiger partial charge is 0.489 e. The maximum Gasteiger partial charge on any atom is 0.255 e. The first kappa shape index (κ1) is 12.7. The number of para-hydroxylation sites is 1. The molecule has 2 heterocycles. The number of amides is 1. The molecule has 0 bridgehead atoms. The Morgan fingerprint density at radius 1 is 1.53 bits per heavy atom. The van der Waals surface area contributed by atoms with Crippen molar-refractivity contribution in [1.82, 2.24) is 5.32 Å². The minimum absolute atomic E-state index is 0.0301. The molecule has 0 aliphatic carbocycles. The lowest BCUT2D eigenvalue weighted by Gasteiger charge is -2.21. The van der Waals surface area contributed by atoms with E-state index in [1.807, 2.05) is 30.0 Å². The first-order valence-corrected chi connectivity index (χ1v) is 7.85. The first-order chi connectivity index (χ1) is 9.34. The molecule has 3 rings (SSSR count). The minimum atomic E-state index is -0.0301. The summed E-state index contributed by atoms with van der Waals surface area (Å²) in [5, 5.41) is 6.28. The van der Waals surface area contributed by atoms with Crippen molar-refractivity contribution < 1.29 is 9.53 Å². The number of hydrogen-bond donors (Lipinski definition) is 2. The van der Waals surface area contributed by atoms with E-state index >= 15 is 0 Å². The highest BCUT2D eigenvalue weighted by Gasteiger charge is 2.21. The number of carbonyl (C=O) groups excluding carboxylic acids is 1. The fourth-order valence-corrected chi connectivity index (χ4v) is 3.71. The van der Waals surface area contributed by atoms with E-state index in [4.69, 9.17) is 4.74 Å². The summed E-state index contributed by atoms with van der Waals surface area (Å²) in [6, 6.07) is 5.66. The maximum absolute atomic E-state index is 12.2. The molecule has 1 atom stereocenters. The van der Waals surface area contributed by atoms with Gasteiger partial charge in [-0.15, -0.1) is 0 Å². The predicted molar refractivity (Wildman–Crippen MR) is 78.2 cm³/mol. The molecule has 1 unspecified atom stereocenters. The van der Waals surface area contributed by atoms with Crippen LogP contribution in [0.2, 0.25) is 0 Å². The highest BCUT2D eigenvalue weighted by atomic mass is 32.2. The number of thioether (sulfide) groups is 1. The summed E-state index contributed by atoms with van der Waals surface area (Å²) in [6.07, 6.45) is 1.20. The van der Waals surface area contributed by atoms with Gasteiger partial charge in [0.1, 0.15) is 6.61 Å². The van der Waals surface area contributed by atoms with Crippen LogP contribution < -0.4 is 15.4 Å². The SMILES string of the molecule is O=C(NCC1CCSC1)c1cccc2c1OCCN2. The van der Waals surface area contributed by atoms with Gasteiger partial charge < -0.3 is 15.4 Å². The Morgan fingerprint density at radius 2 is 2.47 bits per heavy atom. The summed E-state index contributed by atoms with van der Waals surface area (Å²) in [7, 11) is 0. The van der Waals surface area contributed by atoms with E-state index in [9.17, 15) is 4.79 Å². The highest BCUT2D eigenvalue weighted by molar-refractivity contribution is 7.99. The van der Waals surface area contributed by atoms with Crippen molar-refractivity contribution in [1.29, 1.82) is 0 Å². The Morgan fingerprint density at radius 3 is 3.32 bits per heavy atom. The molecular weight excluding hydrogens is 260 g/mol. The molecule has 1 fully saturated rings. The van der Waals surface area contributed by atoms with Crippen molar-refractivity contribution in [2.75, 3.05) is 36.5 Å². The lowest BCUT2D eigenvalue weighted by Crippen LogP contribution is -2.30. The number of benzene rings is 1. The second-order valence-electron chi connectivity index (χ2n) is 4.90. The second-order valence-corrected chi connectivity index (χ2v) is 6.05. The topological polar surface area (TPSA) is 50.4 Å². The Labute approximate surface area is 117 Å². The number of carbonyl (C=O) groups is 1. The van der Waals surface area contributed by atoms with E-state index in [-0.39, 0.29) is 5.91 Å². The van der Waals surface area contributed by atoms with Crippen LogP contribution in [-0.2, 0) is 0 Å². The van der Waals surface area contributed by atoms with Crippen molar-refractivity contribution >= 4 is 23.4 Å². The monoisotopic (exact) mass is 278 g/mol. The summed E-state index contributed by atoms with van der Waals surface area (Å²) in [4.78, 5) is 12.2. The summed E-state index contributed by atoms with van der Waals surface area (Å²) >= 11 is 1.97. The molecule has 102 valence electrons. The molecular formula is C14H18N2O2S. The standard InChI is InChI=1S/C14H18N2O2S/c17-14(16-8-10-4-7-19-9-10)11-2-1-3-12-13(11)18-6-5-15-12/h1-3,10,15H,4-9H2,(H,16,17). The van der Waals surface area contributed by atoms with Crippen molar-refractivity contribution in [3.63, 3.8) is 0 Å². The van der Waals surface area contributed by atoms with Crippen LogP contribution in [0.25, 0.3) is 0 Å². The Hall–Kier alpha value is -1.36. The molecule has 5 heteroatoms. The number of hydrogen-bond acceptors (Lipinski definition) is 4. The van der Waals surface area contributed by atoms with E-state index in [0.717, 1.165) is 24.5 Å². The minimum Gasteiger partial charge on any atom is -0.489 e. The molecule has 1 saturated heterocycles. The summed E-state index contributed by atoms with van der Waals surface area (Å²) < 4.78 is 5.62. The van der Waals surface area contributed by atoms with Gasteiger partial charge in [-0.25, -0.2) is 0 Å². The van der Waals surface area contributed by atoms with Crippen LogP contribution >= 0.6 is 11.8 Å². The van der Waals surface area contributed by atoms with Gasteiger partial charge in [0.05, 0.1) is 11.3 Å². The van der Waals surface area contributed by atoms with Gasteiger partial charge in [0, 0.05) is 13.1 Å². The van der Waals surface area contributed by atoms with Gasteiger partial charge in [0.2, 0.25) is 0 Å². The lowest BCUT2D eigenvalue weighted by atomic mass is 10.1. The van der Waals surface area contributed by atoms with Crippen LogP contribution in [0.1, 0.15) is 16.8 Å². The average molecular weight is 278 g/mol. The van der Waals surface area contributed by atoms with Crippen LogP contribution in [-0.4, -0.2) is 37.1 Å². The first-order valence-electron chi connectivity index (χ1n) is 6.70. The van der Waals surface area contributed by atoms with Gasteiger partial charge in [0.25, 0.3) is 5.91 Å². The van der Waals surface area contributed by atoms with Gasteiger partial charge in [-0.05, 0) is 36.0 Å². The number of anilines is 1. The van der Waals surface area contributed by atoms with Gasteiger partial charge in [-0.2, -0.15) is 11.8 Å². The highest BCUT2D eigenvalue weighted by Crippen LogP contribution is 2.31. The van der Waals surface area contributed by atoms with E-state index < -0.39 is 0 Å². The molecule has 2 aliphatic heterocycles. The Kier molecular flexibility index (Phi) is 3.82. The molecule has 2 N–H and O–H groups in total. The molecule has 4 nitrogen and oxygen atoms in total. The predicted octanol–water partition coefficient (Wildman–Crippen LogP) is 1.97. The van der Waals surface area contributed by atoms with Crippen LogP contribution in [0, 0.1) is 5.92 Å². The molecule has 19 heavy (non-hydrogen) atoms. The normalized spacial score (nSPS) is 21.2. The van der Waals surface area contributed by atoms with E-state index in [1.165, 1.54) is 12.2 Å². The van der Waals surface area contributed by atoms with Gasteiger partial charge in [0.15, 0.2) is 5.75 Å². The smallest absolute Gasteiger partial charge is 0.255 e. The lowest BCUT2D eigenvalue weighted by molar-refractivity contribution is 0.0944. The van der Waals surface area contributed by atoms with E-state index in [1.54, 1.807) is 0 Å². The molecule has 2 aliphatic rings. The summed E-state index contributed by atoms with van der Waals surface area (Å²) in [5.74, 6) is 3.65. The molecule has 1 amide bonds. The fraction of sp³-hybridized carbons (Fsp3) is 0.500. The molecule has 0 aromatic heterocycles. The zero-order chi connectivity index (χ0) is 13.1.